The number of unbranched alkanes of at least 4 members (excludes halogenated alkanes) is 9. The molecule has 7 nitrogen and oxygen atoms in total. The quantitative estimate of drug-likeness (QED) is 0.0876. The van der Waals surface area contributed by atoms with E-state index in [1.54, 1.807) is 4.98 Å². The van der Waals surface area contributed by atoms with Gasteiger partial charge in [-0.15, -0.1) is 6.42 Å². The number of aromatic nitrogens is 2. The first-order valence-corrected chi connectivity index (χ1v) is 18.4. The highest BCUT2D eigenvalue weighted by atomic mass is 28.4. The summed E-state index contributed by atoms with van der Waals surface area (Å²) >= 11 is 0. The van der Waals surface area contributed by atoms with E-state index in [0.29, 0.717) is 6.20 Å². The molecule has 0 bridgehead atoms. The van der Waals surface area contributed by atoms with Crippen LogP contribution in [0.4, 0.5) is 13.2 Å². The third-order valence-electron chi connectivity index (χ3n) is 8.16. The summed E-state index contributed by atoms with van der Waals surface area (Å²) in [4.78, 5) is 26.1. The van der Waals surface area contributed by atoms with Gasteiger partial charge in [0.1, 0.15) is 24.5 Å². The van der Waals surface area contributed by atoms with Crippen LogP contribution in [-0.2, 0) is 20.1 Å². The van der Waals surface area contributed by atoms with Crippen molar-refractivity contribution in [1.82, 2.24) is 9.55 Å². The van der Waals surface area contributed by atoms with Crippen LogP contribution in [0.2, 0.25) is 18.1 Å². The Bertz CT molecular complexity index is 1040. The number of halogens is 3. The van der Waals surface area contributed by atoms with Crippen LogP contribution in [0.1, 0.15) is 116 Å². The topological polar surface area (TPSA) is 82.6 Å². The van der Waals surface area contributed by atoms with E-state index in [9.17, 15) is 22.8 Å². The van der Waals surface area contributed by atoms with Crippen LogP contribution in [0.15, 0.2) is 15.8 Å². The highest BCUT2D eigenvalue weighted by molar-refractivity contribution is 6.73. The summed E-state index contributed by atoms with van der Waals surface area (Å²) in [6.07, 6.45) is 12.9. The first kappa shape index (κ1) is 36.3. The minimum absolute atomic E-state index is 0.000800. The van der Waals surface area contributed by atoms with E-state index in [-0.39, 0.29) is 19.6 Å². The van der Waals surface area contributed by atoms with Gasteiger partial charge in [0.15, 0.2) is 8.32 Å². The average molecular weight is 617 g/mol. The van der Waals surface area contributed by atoms with Crippen molar-refractivity contribution >= 4 is 8.32 Å². The summed E-state index contributed by atoms with van der Waals surface area (Å²) in [5.41, 5.74) is -3.90. The normalized spacial score (nSPS) is 19.3. The molecule has 42 heavy (non-hydrogen) atoms. The molecule has 0 aliphatic carbocycles. The van der Waals surface area contributed by atoms with Crippen molar-refractivity contribution < 1.29 is 27.1 Å². The second-order valence-corrected chi connectivity index (χ2v) is 15.7. The van der Waals surface area contributed by atoms with Gasteiger partial charge in [-0.2, -0.15) is 13.2 Å². The van der Waals surface area contributed by atoms with Crippen LogP contribution in [0.5, 0.6) is 0 Å². The van der Waals surface area contributed by atoms with Crippen LogP contribution in [0, 0.1) is 12.3 Å². The van der Waals surface area contributed by atoms with Crippen LogP contribution in [0.3, 0.4) is 0 Å². The first-order chi connectivity index (χ1) is 20.1. The zero-order valence-electron chi connectivity index (χ0n) is 25.7. The molecule has 0 amide bonds. The molecule has 1 fully saturated rings. The maximum atomic E-state index is 13.4. The van der Waals surface area contributed by atoms with Gasteiger partial charge in [0, 0.05) is 12.6 Å². The van der Waals surface area contributed by atoms with Gasteiger partial charge in [0.05, 0.1) is 12.7 Å². The average Bonchev–Trinajstić information content (AvgIpc) is 3.35. The number of terminal acetylenes is 1. The molecule has 1 N–H and O–H groups in total. The monoisotopic (exact) mass is 616 g/mol. The molecule has 0 aromatic carbocycles. The van der Waals surface area contributed by atoms with E-state index in [1.165, 1.54) is 38.5 Å². The zero-order valence-corrected chi connectivity index (χ0v) is 26.7. The number of aromatic amines is 1. The van der Waals surface area contributed by atoms with Gasteiger partial charge in [0.25, 0.3) is 5.56 Å². The summed E-state index contributed by atoms with van der Waals surface area (Å²) in [5, 5.41) is 0. The van der Waals surface area contributed by atoms with Crippen molar-refractivity contribution in [2.75, 3.05) is 13.2 Å². The van der Waals surface area contributed by atoms with E-state index in [0.717, 1.165) is 61.2 Å². The number of ether oxygens (including phenoxy) is 2. The highest BCUT2D eigenvalue weighted by Crippen LogP contribution is 2.35. The van der Waals surface area contributed by atoms with E-state index >= 15 is 0 Å². The molecule has 1 aliphatic rings. The van der Waals surface area contributed by atoms with Crippen molar-refractivity contribution in [3.8, 4) is 12.3 Å². The Morgan fingerprint density at radius 1 is 0.976 bits per heavy atom. The molecule has 11 heteroatoms. The van der Waals surface area contributed by atoms with Crippen LogP contribution < -0.4 is 11.2 Å². The molecule has 2 rings (SSSR count). The van der Waals surface area contributed by atoms with Gasteiger partial charge in [-0.3, -0.25) is 14.3 Å². The van der Waals surface area contributed by atoms with Crippen LogP contribution >= 0.6 is 0 Å². The van der Waals surface area contributed by atoms with E-state index < -0.39 is 49.7 Å². The molecule has 0 saturated carbocycles. The maximum absolute atomic E-state index is 13.4. The van der Waals surface area contributed by atoms with E-state index in [1.807, 2.05) is 0 Å². The lowest BCUT2D eigenvalue weighted by Gasteiger charge is -2.34. The van der Waals surface area contributed by atoms with Crippen molar-refractivity contribution in [2.24, 2.45) is 0 Å². The second kappa shape index (κ2) is 18.7. The van der Waals surface area contributed by atoms with Crippen molar-refractivity contribution in [3.63, 3.8) is 0 Å². The summed E-state index contributed by atoms with van der Waals surface area (Å²) in [7, 11) is -2.17. The van der Waals surface area contributed by atoms with Crippen LogP contribution in [0.25, 0.3) is 0 Å². The molecule has 1 aliphatic heterocycles. The molecule has 0 unspecified atom stereocenters. The molecular formula is C31H51F3N2O5Si. The van der Waals surface area contributed by atoms with Gasteiger partial charge in [-0.1, -0.05) is 104 Å². The van der Waals surface area contributed by atoms with E-state index in [2.05, 4.69) is 26.7 Å². The molecule has 1 aromatic rings. The molecule has 0 spiro atoms. The van der Waals surface area contributed by atoms with Crippen molar-refractivity contribution in [2.45, 2.75) is 147 Å². The fourth-order valence-electron chi connectivity index (χ4n) is 5.73. The molecule has 1 saturated heterocycles. The van der Waals surface area contributed by atoms with Crippen LogP contribution in [-0.4, -0.2) is 43.3 Å². The number of alkyl halides is 3. The Kier molecular flexibility index (Phi) is 16.2. The first-order valence-electron chi connectivity index (χ1n) is 15.9. The Hall–Kier alpha value is -1.87. The van der Waals surface area contributed by atoms with Gasteiger partial charge in [-0.25, -0.2) is 4.79 Å². The number of nitrogens with one attached hydrogen (secondary N) is 1. The fourth-order valence-corrected chi connectivity index (χ4v) is 10.1. The highest BCUT2D eigenvalue weighted by Gasteiger charge is 2.42. The molecule has 1 aromatic heterocycles. The number of hydrogen-bond donors (Lipinski definition) is 1. The number of rotatable bonds is 21. The number of hydrogen-bond acceptors (Lipinski definition) is 5. The van der Waals surface area contributed by atoms with Gasteiger partial charge >= 0.3 is 11.9 Å². The molecule has 240 valence electrons. The predicted octanol–water partition coefficient (Wildman–Crippen LogP) is 7.56. The maximum Gasteiger partial charge on any atom is 0.423 e. The molecule has 0 radical (unpaired) electrons. The third-order valence-corrected chi connectivity index (χ3v) is 12.7. The van der Waals surface area contributed by atoms with Crippen molar-refractivity contribution in [1.29, 1.82) is 0 Å². The minimum atomic E-state index is -4.91. The Labute approximate surface area is 250 Å². The standard InChI is InChI=1S/C31H51F3N2O5Si/c1-5-9-12-15-19-42(20-16-13-10-6-2,21-17-14-11-7-3)40-24-27-26(39-18-8-4)22-28(41-27)36-23-25(31(32,33)34)29(37)35-30(36)38/h4,23,26-28H,5-7,9-22,24H2,1-3H3,(H,35,37,38)/t26-,27+,28+/m0/s1. The Morgan fingerprint density at radius 3 is 2.00 bits per heavy atom. The minimum Gasteiger partial charge on any atom is -0.414 e. The van der Waals surface area contributed by atoms with E-state index in [4.69, 9.17) is 20.3 Å². The Morgan fingerprint density at radius 2 is 1.52 bits per heavy atom. The third kappa shape index (κ3) is 11.7. The predicted molar refractivity (Wildman–Crippen MR) is 162 cm³/mol. The zero-order chi connectivity index (χ0) is 31.0. The largest absolute Gasteiger partial charge is 0.423 e. The summed E-state index contributed by atoms with van der Waals surface area (Å²) in [6, 6.07) is 3.23. The Balaban J connectivity index is 2.29. The second-order valence-electron chi connectivity index (χ2n) is 11.6. The van der Waals surface area contributed by atoms with Gasteiger partial charge < -0.3 is 13.9 Å². The lowest BCUT2D eigenvalue weighted by Crippen LogP contribution is -2.42. The lowest BCUT2D eigenvalue weighted by molar-refractivity contribution is -0.139. The summed E-state index contributed by atoms with van der Waals surface area (Å²) < 4.78 is 60.0. The van der Waals surface area contributed by atoms with Gasteiger partial charge in [0.2, 0.25) is 0 Å². The van der Waals surface area contributed by atoms with Gasteiger partial charge in [-0.05, 0) is 18.1 Å². The smallest absolute Gasteiger partial charge is 0.414 e. The number of nitrogens with zero attached hydrogens (tertiary/aromatic N) is 1. The number of H-pyrrole nitrogens is 1. The summed E-state index contributed by atoms with van der Waals surface area (Å²) in [6.45, 7) is 6.83. The lowest BCUT2D eigenvalue weighted by atomic mass is 10.2. The molecular weight excluding hydrogens is 565 g/mol. The summed E-state index contributed by atoms with van der Waals surface area (Å²) in [5.74, 6) is 2.43. The van der Waals surface area contributed by atoms with Crippen molar-refractivity contribution in [3.05, 3.63) is 32.6 Å². The molecule has 3 atom stereocenters. The fraction of sp³-hybridized carbons (Fsp3) is 0.806. The SMILES string of the molecule is C#CCO[C@H]1C[C@H](n2cc(C(F)(F)F)c(=O)[nH]c2=O)O[C@@H]1CO[Si](CCCCCC)(CCCCCC)CCCCCC. The molecule has 2 heterocycles.